The van der Waals surface area contributed by atoms with Crippen molar-refractivity contribution in [1.82, 2.24) is 0 Å². The van der Waals surface area contributed by atoms with Gasteiger partial charge in [-0.25, -0.2) is 4.79 Å². The summed E-state index contributed by atoms with van der Waals surface area (Å²) in [4.78, 5) is 40.5. The quantitative estimate of drug-likeness (QED) is 0.403. The predicted octanol–water partition coefficient (Wildman–Crippen LogP) is 2.77. The van der Waals surface area contributed by atoms with Crippen LogP contribution in [0.15, 0.2) is 41.5 Å². The molecule has 1 saturated heterocycles. The Morgan fingerprint density at radius 1 is 1.13 bits per heavy atom. The van der Waals surface area contributed by atoms with E-state index in [1.54, 1.807) is 51.1 Å². The predicted molar refractivity (Wildman–Crippen MR) is 137 cm³/mol. The maximum absolute atomic E-state index is 14.3. The van der Waals surface area contributed by atoms with Crippen LogP contribution in [0.2, 0.25) is 0 Å². The fourth-order valence-electron chi connectivity index (χ4n) is 8.22. The monoisotopic (exact) mass is 526 g/mol. The van der Waals surface area contributed by atoms with Crippen molar-refractivity contribution < 1.29 is 39.2 Å². The summed E-state index contributed by atoms with van der Waals surface area (Å²) >= 11 is 0. The van der Waals surface area contributed by atoms with Crippen LogP contribution >= 0.6 is 0 Å². The van der Waals surface area contributed by atoms with Crippen molar-refractivity contribution in [3.63, 3.8) is 0 Å². The number of aliphatic hydroxyl groups excluding tert-OH is 2. The third-order valence-electron chi connectivity index (χ3n) is 10.3. The molecular formula is C30H38O8. The third kappa shape index (κ3) is 3.46. The second kappa shape index (κ2) is 8.81. The summed E-state index contributed by atoms with van der Waals surface area (Å²) in [5, 5.41) is 35.8. The number of esters is 1. The first-order valence-electron chi connectivity index (χ1n) is 13.4. The zero-order valence-corrected chi connectivity index (χ0v) is 22.7. The van der Waals surface area contributed by atoms with E-state index in [9.17, 15) is 29.7 Å². The number of hydrogen-bond acceptors (Lipinski definition) is 8. The van der Waals surface area contributed by atoms with Crippen LogP contribution in [0.4, 0.5) is 0 Å². The van der Waals surface area contributed by atoms with Crippen LogP contribution in [0.3, 0.4) is 0 Å². The summed E-state index contributed by atoms with van der Waals surface area (Å²) in [5.41, 5.74) is -3.97. The Bertz CT molecular complexity index is 1200. The number of fused-ring (bicyclic) bond motifs is 5. The van der Waals surface area contributed by atoms with Gasteiger partial charge < -0.3 is 29.6 Å². The van der Waals surface area contributed by atoms with Gasteiger partial charge in [-0.2, -0.15) is 0 Å². The molecule has 3 N–H and O–H groups in total. The largest absolute Gasteiger partial charge is 0.455 e. The minimum atomic E-state index is -1.71. The molecule has 5 rings (SSSR count). The Morgan fingerprint density at radius 2 is 1.79 bits per heavy atom. The lowest BCUT2D eigenvalue weighted by Gasteiger charge is -2.68. The van der Waals surface area contributed by atoms with Crippen molar-refractivity contribution in [3.8, 4) is 0 Å². The SMILES string of the molecule is CC(=O)C[C@@]12CO[C@@H]1C[C@H](O)[C@@]1(C)C(=O)[C@H](O)C3=C(C)CC[C@@](O)([C@@H](OC(=O)c4ccccc4)[C@H]21)C3(C)C. The average Bonchev–Trinajstić information content (AvgIpc) is 2.85. The van der Waals surface area contributed by atoms with Crippen molar-refractivity contribution >= 4 is 17.5 Å². The van der Waals surface area contributed by atoms with E-state index in [0.29, 0.717) is 12.0 Å². The first-order valence-corrected chi connectivity index (χ1v) is 13.4. The first-order chi connectivity index (χ1) is 17.7. The summed E-state index contributed by atoms with van der Waals surface area (Å²) in [6, 6.07) is 8.42. The van der Waals surface area contributed by atoms with Gasteiger partial charge in [0.2, 0.25) is 0 Å². The van der Waals surface area contributed by atoms with Crippen LogP contribution < -0.4 is 0 Å². The number of aliphatic hydroxyl groups is 3. The summed E-state index contributed by atoms with van der Waals surface area (Å²) < 4.78 is 12.1. The number of rotatable bonds is 4. The van der Waals surface area contributed by atoms with E-state index < -0.39 is 63.9 Å². The molecule has 206 valence electrons. The van der Waals surface area contributed by atoms with E-state index in [1.807, 2.05) is 6.92 Å². The van der Waals surface area contributed by atoms with Gasteiger partial charge in [-0.3, -0.25) is 4.79 Å². The molecule has 1 heterocycles. The molecule has 0 amide bonds. The molecule has 0 spiro atoms. The minimum Gasteiger partial charge on any atom is -0.455 e. The topological polar surface area (TPSA) is 130 Å². The Labute approximate surface area is 223 Å². The average molecular weight is 527 g/mol. The summed E-state index contributed by atoms with van der Waals surface area (Å²) in [6.45, 7) is 8.52. The minimum absolute atomic E-state index is 0.0334. The smallest absolute Gasteiger partial charge is 0.338 e. The summed E-state index contributed by atoms with van der Waals surface area (Å²) in [6.07, 6.45) is -3.90. The van der Waals surface area contributed by atoms with Crippen molar-refractivity contribution in [2.24, 2.45) is 22.2 Å². The maximum Gasteiger partial charge on any atom is 0.338 e. The molecule has 38 heavy (non-hydrogen) atoms. The molecule has 1 aromatic carbocycles. The molecule has 0 aromatic heterocycles. The van der Waals surface area contributed by atoms with Crippen molar-refractivity contribution in [2.75, 3.05) is 6.61 Å². The van der Waals surface area contributed by atoms with E-state index in [0.717, 1.165) is 5.57 Å². The number of allylic oxidation sites excluding steroid dienone is 1. The van der Waals surface area contributed by atoms with Crippen molar-refractivity contribution in [1.29, 1.82) is 0 Å². The fourth-order valence-corrected chi connectivity index (χ4v) is 8.22. The molecule has 8 nitrogen and oxygen atoms in total. The van der Waals surface area contributed by atoms with E-state index in [4.69, 9.17) is 9.47 Å². The van der Waals surface area contributed by atoms with Crippen LogP contribution in [-0.4, -0.2) is 69.5 Å². The summed E-state index contributed by atoms with van der Waals surface area (Å²) in [7, 11) is 0. The van der Waals surface area contributed by atoms with Crippen molar-refractivity contribution in [2.45, 2.75) is 90.3 Å². The van der Waals surface area contributed by atoms with Gasteiger partial charge in [0.1, 0.15) is 23.6 Å². The number of Topliss-reactive ketones (excluding diaryl/α,β-unsaturated/α-hetero) is 2. The molecule has 4 aliphatic rings. The highest BCUT2D eigenvalue weighted by molar-refractivity contribution is 5.94. The van der Waals surface area contributed by atoms with Gasteiger partial charge in [0.25, 0.3) is 0 Å². The standard InChI is InChI=1S/C30H38O8/c1-16-11-12-30(36)25(38-26(35)18-9-7-6-8-10-18)23-28(5,24(34)22(33)21(16)27(30,3)4)19(32)13-20-29(23,15-37-20)14-17(2)31/h6-10,19-20,22-23,25,32-33,36H,11-15H2,1-5H3/t19-,20+,22+,23-,25-,28+,29+,30+/m0/s1. The third-order valence-corrected chi connectivity index (χ3v) is 10.3. The molecule has 8 heteroatoms. The van der Waals surface area contributed by atoms with Crippen LogP contribution in [0, 0.1) is 22.2 Å². The number of benzene rings is 1. The molecule has 3 aliphatic carbocycles. The van der Waals surface area contributed by atoms with E-state index in [1.165, 1.54) is 6.92 Å². The maximum atomic E-state index is 14.3. The highest BCUT2D eigenvalue weighted by Crippen LogP contribution is 2.66. The first kappa shape index (κ1) is 27.2. The van der Waals surface area contributed by atoms with E-state index >= 15 is 0 Å². The molecule has 3 fully saturated rings. The van der Waals surface area contributed by atoms with Gasteiger partial charge in [0.05, 0.1) is 29.8 Å². The van der Waals surface area contributed by atoms with Gasteiger partial charge in [-0.1, -0.05) is 37.6 Å². The normalized spacial score (nSPS) is 41.7. The molecule has 1 aromatic rings. The number of ketones is 2. The summed E-state index contributed by atoms with van der Waals surface area (Å²) in [5.74, 6) is -2.37. The number of hydrogen-bond donors (Lipinski definition) is 3. The molecular weight excluding hydrogens is 488 g/mol. The molecule has 1 aliphatic heterocycles. The van der Waals surface area contributed by atoms with Gasteiger partial charge in [-0.05, 0) is 51.3 Å². The Balaban J connectivity index is 1.79. The van der Waals surface area contributed by atoms with Gasteiger partial charge in [0.15, 0.2) is 5.78 Å². The molecule has 0 unspecified atom stereocenters. The molecule has 8 atom stereocenters. The molecule has 2 saturated carbocycles. The highest BCUT2D eigenvalue weighted by atomic mass is 16.6. The van der Waals surface area contributed by atoms with E-state index in [2.05, 4.69) is 0 Å². The van der Waals surface area contributed by atoms with Gasteiger partial charge >= 0.3 is 5.97 Å². The lowest BCUT2D eigenvalue weighted by atomic mass is 9.41. The fraction of sp³-hybridized carbons (Fsp3) is 0.633. The molecule has 0 radical (unpaired) electrons. The second-order valence-corrected chi connectivity index (χ2v) is 12.6. The van der Waals surface area contributed by atoms with Crippen LogP contribution in [0.25, 0.3) is 0 Å². The number of carbonyl (C=O) groups excluding carboxylic acids is 3. The van der Waals surface area contributed by atoms with Gasteiger partial charge in [-0.15, -0.1) is 0 Å². The number of ether oxygens (including phenoxy) is 2. The lowest BCUT2D eigenvalue weighted by molar-refractivity contribution is -0.317. The van der Waals surface area contributed by atoms with E-state index in [-0.39, 0.29) is 37.2 Å². The van der Waals surface area contributed by atoms with Crippen LogP contribution in [0.1, 0.15) is 70.7 Å². The zero-order chi connectivity index (χ0) is 27.8. The Hall–Kier alpha value is -2.39. The highest BCUT2D eigenvalue weighted by Gasteiger charge is 2.75. The Kier molecular flexibility index (Phi) is 6.30. The van der Waals surface area contributed by atoms with Crippen molar-refractivity contribution in [3.05, 3.63) is 47.0 Å². The lowest BCUT2D eigenvalue weighted by Crippen LogP contribution is -2.78. The van der Waals surface area contributed by atoms with Gasteiger partial charge in [0, 0.05) is 29.6 Å². The number of carbonyl (C=O) groups is 3. The molecule has 2 bridgehead atoms. The second-order valence-electron chi connectivity index (χ2n) is 12.6. The Morgan fingerprint density at radius 3 is 2.37 bits per heavy atom. The van der Waals surface area contributed by atoms with Crippen LogP contribution in [-0.2, 0) is 19.1 Å². The zero-order valence-electron chi connectivity index (χ0n) is 22.7. The van der Waals surface area contributed by atoms with Crippen LogP contribution in [0.5, 0.6) is 0 Å².